The summed E-state index contributed by atoms with van der Waals surface area (Å²) in [5, 5.41) is 0. The van der Waals surface area contributed by atoms with Crippen molar-refractivity contribution in [2.24, 2.45) is 33.7 Å². The summed E-state index contributed by atoms with van der Waals surface area (Å²) in [5.41, 5.74) is 9.81. The third-order valence-corrected chi connectivity index (χ3v) is 6.45. The van der Waals surface area contributed by atoms with Crippen LogP contribution >= 0.6 is 0 Å². The van der Waals surface area contributed by atoms with Crippen LogP contribution in [0.25, 0.3) is 0 Å². The molecule has 2 heteroatoms. The van der Waals surface area contributed by atoms with E-state index in [-0.39, 0.29) is 0 Å². The first-order chi connectivity index (χ1) is 17.5. The van der Waals surface area contributed by atoms with E-state index >= 15 is 0 Å². The van der Waals surface area contributed by atoms with E-state index in [0.29, 0.717) is 23.7 Å². The summed E-state index contributed by atoms with van der Waals surface area (Å²) >= 11 is 0. The predicted octanol–water partition coefficient (Wildman–Crippen LogP) is 10.3. The maximum atomic E-state index is 5.42. The van der Waals surface area contributed by atoms with E-state index in [1.54, 1.807) is 0 Å². The SMILES string of the molecule is C=CCCC(=Nc1c(CC(C)C)cccc1CC(C)C)C(C)=Nc1c(CC(C)C)cccc1CC(C)C. The van der Waals surface area contributed by atoms with Gasteiger partial charge in [0.2, 0.25) is 0 Å². The summed E-state index contributed by atoms with van der Waals surface area (Å²) in [4.78, 5) is 10.8. The van der Waals surface area contributed by atoms with Gasteiger partial charge in [0.15, 0.2) is 0 Å². The second-order valence-corrected chi connectivity index (χ2v) is 12.3. The Morgan fingerprint density at radius 2 is 1.00 bits per heavy atom. The molecule has 0 fully saturated rings. The van der Waals surface area contributed by atoms with E-state index in [4.69, 9.17) is 9.98 Å². The van der Waals surface area contributed by atoms with Gasteiger partial charge in [-0.1, -0.05) is 97.9 Å². The van der Waals surface area contributed by atoms with Crippen LogP contribution in [0.5, 0.6) is 0 Å². The zero-order valence-electron chi connectivity index (χ0n) is 25.2. The number of aliphatic imine (C=N–C) groups is 2. The Morgan fingerprint density at radius 3 is 1.32 bits per heavy atom. The van der Waals surface area contributed by atoms with E-state index < -0.39 is 0 Å². The van der Waals surface area contributed by atoms with Crippen LogP contribution < -0.4 is 0 Å². The van der Waals surface area contributed by atoms with Gasteiger partial charge in [0, 0.05) is 0 Å². The molecule has 0 radical (unpaired) electrons. The van der Waals surface area contributed by atoms with Gasteiger partial charge in [0.1, 0.15) is 0 Å². The van der Waals surface area contributed by atoms with Gasteiger partial charge in [-0.05, 0) is 91.4 Å². The zero-order chi connectivity index (χ0) is 27.5. The third-order valence-electron chi connectivity index (χ3n) is 6.45. The Bertz CT molecular complexity index is 1010. The van der Waals surface area contributed by atoms with Gasteiger partial charge in [-0.2, -0.15) is 0 Å². The second-order valence-electron chi connectivity index (χ2n) is 12.3. The minimum atomic E-state index is 0.580. The van der Waals surface area contributed by atoms with Gasteiger partial charge in [-0.15, -0.1) is 6.58 Å². The molecule has 2 nitrogen and oxygen atoms in total. The molecular formula is C35H52N2. The van der Waals surface area contributed by atoms with Crippen LogP contribution in [0.2, 0.25) is 0 Å². The molecule has 0 atom stereocenters. The number of allylic oxidation sites excluding steroid dienone is 1. The molecule has 2 rings (SSSR count). The van der Waals surface area contributed by atoms with Crippen LogP contribution in [0.4, 0.5) is 11.4 Å². The topological polar surface area (TPSA) is 24.7 Å². The van der Waals surface area contributed by atoms with E-state index in [1.807, 2.05) is 6.08 Å². The standard InChI is InChI=1S/C35H52N2/c1-11-12-19-33(37-35-31(22-26(6)7)17-14-18-32(35)23-27(8)9)28(10)36-34-29(20-24(2)3)15-13-16-30(34)21-25(4)5/h11,13-18,24-27H,1,12,19-23H2,2-10H3. The van der Waals surface area contributed by atoms with Crippen LogP contribution in [0.1, 0.15) is 97.4 Å². The average molecular weight is 501 g/mol. The van der Waals surface area contributed by atoms with Crippen molar-refractivity contribution >= 4 is 22.8 Å². The highest BCUT2D eigenvalue weighted by Crippen LogP contribution is 2.32. The summed E-state index contributed by atoms with van der Waals surface area (Å²) in [6.07, 6.45) is 7.87. The van der Waals surface area contributed by atoms with E-state index in [0.717, 1.165) is 61.3 Å². The molecule has 0 aliphatic heterocycles. The van der Waals surface area contributed by atoms with Crippen molar-refractivity contribution < 1.29 is 0 Å². The maximum Gasteiger partial charge on any atom is 0.0697 e. The van der Waals surface area contributed by atoms with Gasteiger partial charge in [-0.3, -0.25) is 9.98 Å². The summed E-state index contributed by atoms with van der Waals surface area (Å²) < 4.78 is 0. The van der Waals surface area contributed by atoms with Gasteiger partial charge in [-0.25, -0.2) is 0 Å². The van der Waals surface area contributed by atoms with E-state index in [2.05, 4.69) is 105 Å². The van der Waals surface area contributed by atoms with Crippen LogP contribution in [-0.4, -0.2) is 11.4 Å². The summed E-state index contributed by atoms with van der Waals surface area (Å²) in [6.45, 7) is 24.4. The molecule has 0 aliphatic carbocycles. The summed E-state index contributed by atoms with van der Waals surface area (Å²) in [6, 6.07) is 13.5. The second kappa shape index (κ2) is 15.1. The van der Waals surface area contributed by atoms with Crippen molar-refractivity contribution in [3.63, 3.8) is 0 Å². The molecule has 202 valence electrons. The smallest absolute Gasteiger partial charge is 0.0697 e. The molecule has 37 heavy (non-hydrogen) atoms. The molecule has 0 spiro atoms. The molecule has 0 saturated carbocycles. The number of benzene rings is 2. The van der Waals surface area contributed by atoms with Crippen LogP contribution in [0, 0.1) is 23.7 Å². The molecule has 0 heterocycles. The first-order valence-corrected chi connectivity index (χ1v) is 14.5. The molecule has 0 bridgehead atoms. The number of hydrogen-bond acceptors (Lipinski definition) is 2. The predicted molar refractivity (Wildman–Crippen MR) is 166 cm³/mol. The van der Waals surface area contributed by atoms with Crippen LogP contribution in [0.15, 0.2) is 59.0 Å². The fraction of sp³-hybridized carbons (Fsp3) is 0.543. The highest BCUT2D eigenvalue weighted by molar-refractivity contribution is 6.42. The highest BCUT2D eigenvalue weighted by Gasteiger charge is 2.16. The Kier molecular flexibility index (Phi) is 12.5. The van der Waals surface area contributed by atoms with Gasteiger partial charge in [0.05, 0.1) is 22.8 Å². The fourth-order valence-corrected chi connectivity index (χ4v) is 4.92. The first-order valence-electron chi connectivity index (χ1n) is 14.5. The molecule has 0 unspecified atom stereocenters. The van der Waals surface area contributed by atoms with Crippen LogP contribution in [0.3, 0.4) is 0 Å². The number of para-hydroxylation sites is 2. The van der Waals surface area contributed by atoms with Crippen molar-refractivity contribution in [1.82, 2.24) is 0 Å². The lowest BCUT2D eigenvalue weighted by Gasteiger charge is -2.18. The Balaban J connectivity index is 2.72. The molecule has 0 aliphatic rings. The number of rotatable bonds is 14. The lowest BCUT2D eigenvalue weighted by Crippen LogP contribution is -2.12. The van der Waals surface area contributed by atoms with E-state index in [1.165, 1.54) is 22.3 Å². The van der Waals surface area contributed by atoms with Crippen molar-refractivity contribution in [2.75, 3.05) is 0 Å². The fourth-order valence-electron chi connectivity index (χ4n) is 4.92. The van der Waals surface area contributed by atoms with Gasteiger partial charge >= 0.3 is 0 Å². The molecule has 0 amide bonds. The van der Waals surface area contributed by atoms with Crippen molar-refractivity contribution in [1.29, 1.82) is 0 Å². The summed E-state index contributed by atoms with van der Waals surface area (Å²) in [5.74, 6) is 2.32. The molecule has 0 N–H and O–H groups in total. The maximum absolute atomic E-state index is 5.42. The molecule has 2 aromatic carbocycles. The lowest BCUT2D eigenvalue weighted by molar-refractivity contribution is 0.636. The van der Waals surface area contributed by atoms with Gasteiger partial charge < -0.3 is 0 Å². The van der Waals surface area contributed by atoms with E-state index in [9.17, 15) is 0 Å². The quantitative estimate of drug-likeness (QED) is 0.182. The minimum Gasteiger partial charge on any atom is -0.251 e. The molecule has 0 saturated heterocycles. The van der Waals surface area contributed by atoms with Gasteiger partial charge in [0.25, 0.3) is 0 Å². The molecular weight excluding hydrogens is 448 g/mol. The van der Waals surface area contributed by atoms with Crippen LogP contribution in [-0.2, 0) is 25.7 Å². The summed E-state index contributed by atoms with van der Waals surface area (Å²) in [7, 11) is 0. The number of nitrogens with zero attached hydrogens (tertiary/aromatic N) is 2. The zero-order valence-corrected chi connectivity index (χ0v) is 25.2. The average Bonchev–Trinajstić information content (AvgIpc) is 2.78. The molecule has 0 aromatic heterocycles. The third kappa shape index (κ3) is 10.1. The number of hydrogen-bond donors (Lipinski definition) is 0. The first kappa shape index (κ1) is 30.7. The normalized spacial score (nSPS) is 12.9. The highest BCUT2D eigenvalue weighted by atomic mass is 14.8. The molecule has 2 aromatic rings. The Morgan fingerprint density at radius 1 is 0.649 bits per heavy atom. The Hall–Kier alpha value is -2.48. The van der Waals surface area contributed by atoms with Crippen molar-refractivity contribution in [3.05, 3.63) is 71.3 Å². The Labute approximate surface area is 228 Å². The lowest BCUT2D eigenvalue weighted by atomic mass is 9.94. The largest absolute Gasteiger partial charge is 0.251 e. The van der Waals surface area contributed by atoms with Crippen molar-refractivity contribution in [2.45, 2.75) is 101 Å². The minimum absolute atomic E-state index is 0.580. The monoisotopic (exact) mass is 500 g/mol. The van der Waals surface area contributed by atoms with Crippen molar-refractivity contribution in [3.8, 4) is 0 Å².